The minimum atomic E-state index is 0.242. The van der Waals surface area contributed by atoms with Crippen LogP contribution in [0.2, 0.25) is 5.02 Å². The smallest absolute Gasteiger partial charge is 0.213 e. The van der Waals surface area contributed by atoms with Gasteiger partial charge in [-0.15, -0.1) is 0 Å². The largest absolute Gasteiger partial charge is 0.486 e. The number of benzene rings is 1. The molecular formula is C14H11ClN2O2. The maximum Gasteiger partial charge on any atom is 0.213 e. The van der Waals surface area contributed by atoms with Gasteiger partial charge < -0.3 is 9.47 Å². The Kier molecular flexibility index (Phi) is 4.22. The van der Waals surface area contributed by atoms with Gasteiger partial charge in [0.15, 0.2) is 0 Å². The van der Waals surface area contributed by atoms with Crippen molar-refractivity contribution >= 4 is 11.6 Å². The standard InChI is InChI=1S/C14H11ClN2O2/c1-18-14-7-2-4-10(17-14)9-19-13-6-3-5-12(15)11(13)8-16/h2-7H,9H2,1H3. The van der Waals surface area contributed by atoms with Crippen LogP contribution >= 0.6 is 11.6 Å². The van der Waals surface area contributed by atoms with Crippen molar-refractivity contribution in [1.29, 1.82) is 5.26 Å². The molecule has 1 aromatic heterocycles. The molecule has 0 aliphatic heterocycles. The van der Waals surface area contributed by atoms with Crippen LogP contribution in [0.15, 0.2) is 36.4 Å². The van der Waals surface area contributed by atoms with Gasteiger partial charge in [0.1, 0.15) is 24.0 Å². The van der Waals surface area contributed by atoms with Crippen molar-refractivity contribution < 1.29 is 9.47 Å². The zero-order chi connectivity index (χ0) is 13.7. The summed E-state index contributed by atoms with van der Waals surface area (Å²) in [7, 11) is 1.55. The molecule has 0 fully saturated rings. The third-order valence-electron chi connectivity index (χ3n) is 2.45. The van der Waals surface area contributed by atoms with Gasteiger partial charge in [0.05, 0.1) is 17.8 Å². The molecule has 1 heterocycles. The minimum Gasteiger partial charge on any atom is -0.486 e. The van der Waals surface area contributed by atoms with Crippen LogP contribution in [0.5, 0.6) is 11.6 Å². The van der Waals surface area contributed by atoms with Gasteiger partial charge in [0.25, 0.3) is 0 Å². The first-order chi connectivity index (χ1) is 9.24. The zero-order valence-electron chi connectivity index (χ0n) is 10.3. The number of nitriles is 1. The summed E-state index contributed by atoms with van der Waals surface area (Å²) in [6.07, 6.45) is 0. The highest BCUT2D eigenvalue weighted by molar-refractivity contribution is 6.31. The molecule has 0 radical (unpaired) electrons. The van der Waals surface area contributed by atoms with Gasteiger partial charge in [-0.25, -0.2) is 4.98 Å². The average Bonchev–Trinajstić information content (AvgIpc) is 2.45. The lowest BCUT2D eigenvalue weighted by Gasteiger charge is -2.08. The maximum absolute atomic E-state index is 9.03. The van der Waals surface area contributed by atoms with Crippen LogP contribution in [0, 0.1) is 11.3 Å². The molecule has 0 spiro atoms. The summed E-state index contributed by atoms with van der Waals surface area (Å²) >= 11 is 5.92. The highest BCUT2D eigenvalue weighted by Gasteiger charge is 2.08. The van der Waals surface area contributed by atoms with Crippen molar-refractivity contribution in [3.8, 4) is 17.7 Å². The molecule has 0 aliphatic carbocycles. The van der Waals surface area contributed by atoms with E-state index in [2.05, 4.69) is 4.98 Å². The molecule has 1 aromatic carbocycles. The molecular weight excluding hydrogens is 264 g/mol. The van der Waals surface area contributed by atoms with Gasteiger partial charge in [-0.2, -0.15) is 5.26 Å². The number of rotatable bonds is 4. The topological polar surface area (TPSA) is 55.1 Å². The molecule has 2 aromatic rings. The number of hydrogen-bond acceptors (Lipinski definition) is 4. The van der Waals surface area contributed by atoms with Gasteiger partial charge >= 0.3 is 0 Å². The molecule has 0 bridgehead atoms. The predicted molar refractivity (Wildman–Crippen MR) is 71.3 cm³/mol. The van der Waals surface area contributed by atoms with Gasteiger partial charge in [0.2, 0.25) is 5.88 Å². The lowest BCUT2D eigenvalue weighted by Crippen LogP contribution is -2.00. The number of nitrogens with zero attached hydrogens (tertiary/aromatic N) is 2. The van der Waals surface area contributed by atoms with E-state index < -0.39 is 0 Å². The number of aromatic nitrogens is 1. The van der Waals surface area contributed by atoms with Gasteiger partial charge in [-0.05, 0) is 18.2 Å². The van der Waals surface area contributed by atoms with Crippen molar-refractivity contribution in [2.45, 2.75) is 6.61 Å². The van der Waals surface area contributed by atoms with Crippen LogP contribution in [0.1, 0.15) is 11.3 Å². The Bertz CT molecular complexity index is 623. The Labute approximate surface area is 116 Å². The molecule has 96 valence electrons. The molecule has 0 N–H and O–H groups in total. The van der Waals surface area contributed by atoms with E-state index in [-0.39, 0.29) is 6.61 Å². The van der Waals surface area contributed by atoms with Crippen LogP contribution in [-0.4, -0.2) is 12.1 Å². The normalized spacial score (nSPS) is 9.74. The second kappa shape index (κ2) is 6.07. The van der Waals surface area contributed by atoms with E-state index in [0.717, 1.165) is 0 Å². The van der Waals surface area contributed by atoms with Crippen molar-refractivity contribution in [3.63, 3.8) is 0 Å². The van der Waals surface area contributed by atoms with E-state index in [9.17, 15) is 0 Å². The summed E-state index contributed by atoms with van der Waals surface area (Å²) in [4.78, 5) is 4.22. The number of pyridine rings is 1. The lowest BCUT2D eigenvalue weighted by molar-refractivity contribution is 0.297. The van der Waals surface area contributed by atoms with Gasteiger partial charge in [0, 0.05) is 6.07 Å². The second-order valence-corrected chi connectivity index (χ2v) is 4.09. The molecule has 0 unspecified atom stereocenters. The van der Waals surface area contributed by atoms with Crippen molar-refractivity contribution in [1.82, 2.24) is 4.98 Å². The fourth-order valence-electron chi connectivity index (χ4n) is 1.54. The van der Waals surface area contributed by atoms with Gasteiger partial charge in [-0.3, -0.25) is 0 Å². The monoisotopic (exact) mass is 274 g/mol. The van der Waals surface area contributed by atoms with Crippen molar-refractivity contribution in [3.05, 3.63) is 52.7 Å². The summed E-state index contributed by atoms with van der Waals surface area (Å²) in [5.41, 5.74) is 1.04. The highest BCUT2D eigenvalue weighted by Crippen LogP contribution is 2.26. The fourth-order valence-corrected chi connectivity index (χ4v) is 1.74. The Morgan fingerprint density at radius 3 is 2.79 bits per heavy atom. The van der Waals surface area contributed by atoms with E-state index in [0.29, 0.717) is 27.9 Å². The Balaban J connectivity index is 2.15. The van der Waals surface area contributed by atoms with E-state index in [1.54, 1.807) is 31.4 Å². The molecule has 4 nitrogen and oxygen atoms in total. The summed E-state index contributed by atoms with van der Waals surface area (Å²) in [6, 6.07) is 12.5. The lowest BCUT2D eigenvalue weighted by atomic mass is 10.2. The fraction of sp³-hybridized carbons (Fsp3) is 0.143. The van der Waals surface area contributed by atoms with Crippen LogP contribution in [0.3, 0.4) is 0 Å². The zero-order valence-corrected chi connectivity index (χ0v) is 11.0. The van der Waals surface area contributed by atoms with Crippen LogP contribution < -0.4 is 9.47 Å². The van der Waals surface area contributed by atoms with Crippen molar-refractivity contribution in [2.75, 3.05) is 7.11 Å². The second-order valence-electron chi connectivity index (χ2n) is 3.68. The van der Waals surface area contributed by atoms with Crippen LogP contribution in [0.25, 0.3) is 0 Å². The molecule has 2 rings (SSSR count). The number of hydrogen-bond donors (Lipinski definition) is 0. The van der Waals surface area contributed by atoms with E-state index in [4.69, 9.17) is 26.3 Å². The molecule has 0 atom stereocenters. The third-order valence-corrected chi connectivity index (χ3v) is 2.77. The highest BCUT2D eigenvalue weighted by atomic mass is 35.5. The number of ether oxygens (including phenoxy) is 2. The molecule has 5 heteroatoms. The molecule has 0 amide bonds. The predicted octanol–water partition coefficient (Wildman–Crippen LogP) is 3.19. The number of halogens is 1. The quantitative estimate of drug-likeness (QED) is 0.859. The maximum atomic E-state index is 9.03. The van der Waals surface area contributed by atoms with Crippen LogP contribution in [0.4, 0.5) is 0 Å². The minimum absolute atomic E-state index is 0.242. The van der Waals surface area contributed by atoms with E-state index in [1.165, 1.54) is 0 Å². The summed E-state index contributed by atoms with van der Waals surface area (Å²) < 4.78 is 10.6. The Morgan fingerprint density at radius 1 is 1.26 bits per heavy atom. The number of methoxy groups -OCH3 is 1. The molecule has 19 heavy (non-hydrogen) atoms. The van der Waals surface area contributed by atoms with Gasteiger partial charge in [-0.1, -0.05) is 23.7 Å². The molecule has 0 saturated carbocycles. The van der Waals surface area contributed by atoms with E-state index >= 15 is 0 Å². The summed E-state index contributed by atoms with van der Waals surface area (Å²) in [6.45, 7) is 0.242. The molecule has 0 aliphatic rings. The first kappa shape index (κ1) is 13.2. The SMILES string of the molecule is COc1cccc(COc2cccc(Cl)c2C#N)n1. The van der Waals surface area contributed by atoms with Crippen molar-refractivity contribution in [2.24, 2.45) is 0 Å². The van der Waals surface area contributed by atoms with E-state index in [1.807, 2.05) is 18.2 Å². The Hall–Kier alpha value is -2.25. The average molecular weight is 275 g/mol. The molecule has 0 saturated heterocycles. The first-order valence-electron chi connectivity index (χ1n) is 5.56. The summed E-state index contributed by atoms with van der Waals surface area (Å²) in [5, 5.41) is 9.40. The first-order valence-corrected chi connectivity index (χ1v) is 5.93. The third kappa shape index (κ3) is 3.15. The Morgan fingerprint density at radius 2 is 2.05 bits per heavy atom. The van der Waals surface area contributed by atoms with Crippen LogP contribution in [-0.2, 0) is 6.61 Å². The summed E-state index contributed by atoms with van der Waals surface area (Å²) in [5.74, 6) is 0.965.